The van der Waals surface area contributed by atoms with Crippen LogP contribution in [0.3, 0.4) is 0 Å². The summed E-state index contributed by atoms with van der Waals surface area (Å²) in [5.74, 6) is -4.29. The maximum Gasteiger partial charge on any atom is 0.495 e. The van der Waals surface area contributed by atoms with E-state index in [2.05, 4.69) is 25.1 Å². The van der Waals surface area contributed by atoms with E-state index in [1.165, 1.54) is 28.9 Å². The molecule has 14 heteroatoms. The van der Waals surface area contributed by atoms with E-state index in [0.717, 1.165) is 9.88 Å². The summed E-state index contributed by atoms with van der Waals surface area (Å²) in [6.45, 7) is 5.05. The maximum absolute atomic E-state index is 12.7. The van der Waals surface area contributed by atoms with Gasteiger partial charge in [0.2, 0.25) is 0 Å². The first-order valence-corrected chi connectivity index (χ1v) is 12.5. The monoisotopic (exact) mass is 557 g/mol. The molecule has 3 aromatic heterocycles. The molecule has 0 saturated carbocycles. The Morgan fingerprint density at radius 3 is 2.57 bits per heavy atom. The molecule has 0 bridgehead atoms. The van der Waals surface area contributed by atoms with E-state index in [1.807, 2.05) is 17.5 Å². The summed E-state index contributed by atoms with van der Waals surface area (Å²) < 4.78 is 42.3. The molecule has 0 radical (unpaired) electrons. The highest BCUT2D eigenvalue weighted by atomic mass is 32.1. The molecule has 0 aliphatic carbocycles. The summed E-state index contributed by atoms with van der Waals surface area (Å²) in [5.41, 5.74) is 1.59. The normalized spacial score (nSPS) is 12.3. The van der Waals surface area contributed by atoms with Gasteiger partial charge in [0, 0.05) is 12.6 Å². The van der Waals surface area contributed by atoms with Gasteiger partial charge in [0.25, 0.3) is 5.91 Å². The van der Waals surface area contributed by atoms with Crippen molar-refractivity contribution in [1.82, 2.24) is 15.3 Å². The Morgan fingerprint density at radius 2 is 1.92 bits per heavy atom. The lowest BCUT2D eigenvalue weighted by Crippen LogP contribution is -2.34. The number of nitrogens with one attached hydrogen (secondary N) is 1. The smallest absolute Gasteiger partial charge is 0.363 e. The second-order valence-corrected chi connectivity index (χ2v) is 9.84. The van der Waals surface area contributed by atoms with Gasteiger partial charge in [-0.25, -0.2) is 24.3 Å². The van der Waals surface area contributed by atoms with Gasteiger partial charge in [0.05, 0.1) is 28.9 Å². The van der Waals surface area contributed by atoms with Crippen molar-refractivity contribution in [1.29, 1.82) is 0 Å². The predicted molar refractivity (Wildman–Crippen MR) is 128 cm³/mol. The number of carbonyl (C=O) groups is 3. The lowest BCUT2D eigenvalue weighted by atomic mass is 10.1. The Balaban J connectivity index is 1.63. The molecule has 3 aromatic rings. The molecule has 9 nitrogen and oxygen atoms in total. The topological polar surface area (TPSA) is 117 Å². The number of alkyl halides is 3. The average molecular weight is 558 g/mol. The zero-order valence-electron chi connectivity index (χ0n) is 19.8. The molecule has 0 aliphatic heterocycles. The van der Waals surface area contributed by atoms with E-state index in [4.69, 9.17) is 4.74 Å². The number of hydrogen-bond acceptors (Lipinski definition) is 10. The molecule has 3 heterocycles. The highest BCUT2D eigenvalue weighted by Crippen LogP contribution is 2.31. The van der Waals surface area contributed by atoms with Gasteiger partial charge in [-0.2, -0.15) is 13.2 Å². The first-order chi connectivity index (χ1) is 17.4. The summed E-state index contributed by atoms with van der Waals surface area (Å²) in [7, 11) is 0. The SMILES string of the molecule is Cc1nc(-c2cccs2)sc1C(=O)NCc1cc(CC(OC(C)C)C(=O)OOC(=O)C(F)(F)F)ccn1. The molecule has 1 atom stereocenters. The first-order valence-electron chi connectivity index (χ1n) is 10.8. The van der Waals surface area contributed by atoms with Crippen LogP contribution >= 0.6 is 22.7 Å². The van der Waals surface area contributed by atoms with Crippen LogP contribution in [0.2, 0.25) is 0 Å². The second-order valence-electron chi connectivity index (χ2n) is 7.90. The minimum Gasteiger partial charge on any atom is -0.363 e. The van der Waals surface area contributed by atoms with Crippen LogP contribution in [-0.2, 0) is 37.1 Å². The van der Waals surface area contributed by atoms with Crippen LogP contribution in [0.1, 0.15) is 40.5 Å². The number of pyridine rings is 1. The number of nitrogens with zero attached hydrogens (tertiary/aromatic N) is 2. The Bertz CT molecular complexity index is 1240. The summed E-state index contributed by atoms with van der Waals surface area (Å²) in [4.78, 5) is 53.5. The van der Waals surface area contributed by atoms with Crippen molar-refractivity contribution in [3.8, 4) is 9.88 Å². The van der Waals surface area contributed by atoms with Crippen LogP contribution < -0.4 is 5.32 Å². The minimum atomic E-state index is -5.32. The van der Waals surface area contributed by atoms with Crippen LogP contribution in [0.25, 0.3) is 9.88 Å². The minimum absolute atomic E-state index is 0.0711. The van der Waals surface area contributed by atoms with Gasteiger partial charge in [0.1, 0.15) is 9.88 Å². The standard InChI is InChI=1S/C23H22F3N3O6S2/c1-12(2)33-16(21(31)34-35-22(32)23(24,25)26)10-14-6-7-27-15(9-14)11-28-19(30)18-13(3)29-20(37-18)17-5-4-8-36-17/h4-9,12,16H,10-11H2,1-3H3,(H,28,30). The van der Waals surface area contributed by atoms with Crippen LogP contribution in [0.15, 0.2) is 35.8 Å². The number of ether oxygens (including phenoxy) is 1. The highest BCUT2D eigenvalue weighted by molar-refractivity contribution is 7.22. The van der Waals surface area contributed by atoms with Crippen molar-refractivity contribution < 1.29 is 42.1 Å². The highest BCUT2D eigenvalue weighted by Gasteiger charge is 2.43. The fourth-order valence-corrected chi connectivity index (χ4v) is 4.80. The number of rotatable bonds is 9. The van der Waals surface area contributed by atoms with Crippen molar-refractivity contribution >= 4 is 40.5 Å². The zero-order chi connectivity index (χ0) is 27.2. The van der Waals surface area contributed by atoms with E-state index in [0.29, 0.717) is 21.8 Å². The molecular weight excluding hydrogens is 535 g/mol. The van der Waals surface area contributed by atoms with Gasteiger partial charge in [-0.05, 0) is 49.9 Å². The van der Waals surface area contributed by atoms with Crippen LogP contribution in [0, 0.1) is 6.92 Å². The van der Waals surface area contributed by atoms with Crippen molar-refractivity contribution in [2.75, 3.05) is 0 Å². The van der Waals surface area contributed by atoms with E-state index in [1.54, 1.807) is 32.9 Å². The maximum atomic E-state index is 12.7. The van der Waals surface area contributed by atoms with Gasteiger partial charge in [-0.3, -0.25) is 9.78 Å². The number of halogens is 3. The largest absolute Gasteiger partial charge is 0.495 e. The average Bonchev–Trinajstić information content (AvgIpc) is 3.49. The number of aromatic nitrogens is 2. The molecule has 3 rings (SSSR count). The predicted octanol–water partition coefficient (Wildman–Crippen LogP) is 4.40. The van der Waals surface area contributed by atoms with Crippen molar-refractivity contribution in [2.45, 2.75) is 52.1 Å². The van der Waals surface area contributed by atoms with Gasteiger partial charge in [-0.15, -0.1) is 22.7 Å². The third kappa shape index (κ3) is 8.06. The number of carbonyl (C=O) groups excluding carboxylic acids is 3. The van der Waals surface area contributed by atoms with E-state index < -0.39 is 30.3 Å². The van der Waals surface area contributed by atoms with Crippen molar-refractivity contribution in [2.24, 2.45) is 0 Å². The van der Waals surface area contributed by atoms with Gasteiger partial charge in [-0.1, -0.05) is 6.07 Å². The van der Waals surface area contributed by atoms with Crippen LogP contribution in [-0.4, -0.2) is 46.2 Å². The zero-order valence-corrected chi connectivity index (χ0v) is 21.5. The molecule has 0 aliphatic rings. The molecule has 0 aromatic carbocycles. The third-order valence-electron chi connectivity index (χ3n) is 4.60. The third-order valence-corrected chi connectivity index (χ3v) is 6.79. The fourth-order valence-electron chi connectivity index (χ4n) is 3.03. The van der Waals surface area contributed by atoms with E-state index >= 15 is 0 Å². The quantitative estimate of drug-likeness (QED) is 0.304. The van der Waals surface area contributed by atoms with E-state index in [-0.39, 0.29) is 18.9 Å². The Kier molecular flexibility index (Phi) is 9.34. The van der Waals surface area contributed by atoms with Gasteiger partial charge in [0.15, 0.2) is 6.10 Å². The molecule has 0 saturated heterocycles. The molecule has 1 N–H and O–H groups in total. The number of amides is 1. The van der Waals surface area contributed by atoms with Crippen molar-refractivity contribution in [3.63, 3.8) is 0 Å². The molecular formula is C23H22F3N3O6S2. The lowest BCUT2D eigenvalue weighted by molar-refractivity contribution is -0.290. The first kappa shape index (κ1) is 28.2. The summed E-state index contributed by atoms with van der Waals surface area (Å²) >= 11 is 2.81. The molecule has 0 fully saturated rings. The molecule has 0 spiro atoms. The number of thiazole rings is 1. The lowest BCUT2D eigenvalue weighted by Gasteiger charge is -2.18. The van der Waals surface area contributed by atoms with Crippen LogP contribution in [0.5, 0.6) is 0 Å². The number of hydrogen-bond donors (Lipinski definition) is 1. The Hall–Kier alpha value is -3.36. The van der Waals surface area contributed by atoms with E-state index in [9.17, 15) is 27.6 Å². The van der Waals surface area contributed by atoms with Crippen LogP contribution in [0.4, 0.5) is 13.2 Å². The fraction of sp³-hybridized carbons (Fsp3) is 0.348. The summed E-state index contributed by atoms with van der Waals surface area (Å²) in [6, 6.07) is 6.99. The number of aryl methyl sites for hydroxylation is 1. The summed E-state index contributed by atoms with van der Waals surface area (Å²) in [5, 5.41) is 5.46. The molecule has 1 unspecified atom stereocenters. The Morgan fingerprint density at radius 1 is 1.16 bits per heavy atom. The molecule has 198 valence electrons. The number of thiophene rings is 1. The van der Waals surface area contributed by atoms with Crippen molar-refractivity contribution in [3.05, 3.63) is 57.7 Å². The Labute approximate surface area is 217 Å². The summed E-state index contributed by atoms with van der Waals surface area (Å²) in [6.07, 6.45) is -5.82. The molecule has 37 heavy (non-hydrogen) atoms. The van der Waals surface area contributed by atoms with Gasteiger partial charge < -0.3 is 10.1 Å². The molecule has 1 amide bonds. The van der Waals surface area contributed by atoms with Gasteiger partial charge >= 0.3 is 18.1 Å². The second kappa shape index (κ2) is 12.3.